The number of esters is 1. The van der Waals surface area contributed by atoms with Crippen molar-refractivity contribution in [2.75, 3.05) is 12.7 Å². The summed E-state index contributed by atoms with van der Waals surface area (Å²) in [6.45, 7) is 3.70. The topological polar surface area (TPSA) is 35.5 Å². The Morgan fingerprint density at radius 2 is 2.20 bits per heavy atom. The molecule has 0 aromatic rings. The van der Waals surface area contributed by atoms with Crippen molar-refractivity contribution in [2.24, 2.45) is 0 Å². The smallest absolute Gasteiger partial charge is 0.322 e. The second-order valence-corrected chi connectivity index (χ2v) is 2.25. The SMILES string of the molecule is CC(C)OCOC(=O)CCl. The molecule has 0 atom stereocenters. The van der Waals surface area contributed by atoms with Gasteiger partial charge in [-0.05, 0) is 13.8 Å². The summed E-state index contributed by atoms with van der Waals surface area (Å²) in [5.74, 6) is -0.580. The van der Waals surface area contributed by atoms with Crippen LogP contribution in [0.3, 0.4) is 0 Å². The first-order valence-electron chi connectivity index (χ1n) is 3.00. The van der Waals surface area contributed by atoms with E-state index in [-0.39, 0.29) is 18.8 Å². The molecular weight excluding hydrogens is 156 g/mol. The summed E-state index contributed by atoms with van der Waals surface area (Å²) in [7, 11) is 0. The molecule has 4 heteroatoms. The van der Waals surface area contributed by atoms with Gasteiger partial charge in [0.05, 0.1) is 6.10 Å². The maximum atomic E-state index is 10.4. The molecule has 0 aliphatic heterocycles. The van der Waals surface area contributed by atoms with Gasteiger partial charge in [-0.15, -0.1) is 11.6 Å². The van der Waals surface area contributed by atoms with Gasteiger partial charge in [0, 0.05) is 0 Å². The van der Waals surface area contributed by atoms with Crippen LogP contribution in [0.5, 0.6) is 0 Å². The van der Waals surface area contributed by atoms with Crippen LogP contribution in [-0.4, -0.2) is 24.7 Å². The number of rotatable bonds is 4. The number of hydrogen-bond acceptors (Lipinski definition) is 3. The summed E-state index contributed by atoms with van der Waals surface area (Å²) in [5, 5.41) is 0. The lowest BCUT2D eigenvalue weighted by molar-refractivity contribution is -0.156. The van der Waals surface area contributed by atoms with Gasteiger partial charge in [0.15, 0.2) is 6.79 Å². The Balaban J connectivity index is 3.12. The predicted molar refractivity (Wildman–Crippen MR) is 37.9 cm³/mol. The molecule has 0 saturated carbocycles. The molecule has 0 aromatic heterocycles. The lowest BCUT2D eigenvalue weighted by atomic mass is 10.5. The number of alkyl halides is 1. The van der Waals surface area contributed by atoms with Crippen LogP contribution in [0.2, 0.25) is 0 Å². The van der Waals surface area contributed by atoms with Gasteiger partial charge in [0.1, 0.15) is 5.88 Å². The highest BCUT2D eigenvalue weighted by Crippen LogP contribution is 1.89. The zero-order valence-corrected chi connectivity index (χ0v) is 6.85. The van der Waals surface area contributed by atoms with Crippen molar-refractivity contribution in [3.05, 3.63) is 0 Å². The molecule has 0 heterocycles. The Morgan fingerprint density at radius 1 is 1.60 bits per heavy atom. The maximum Gasteiger partial charge on any atom is 0.322 e. The first-order chi connectivity index (χ1) is 4.66. The van der Waals surface area contributed by atoms with E-state index >= 15 is 0 Å². The van der Waals surface area contributed by atoms with Crippen LogP contribution in [0.1, 0.15) is 13.8 Å². The minimum Gasteiger partial charge on any atom is -0.438 e. The van der Waals surface area contributed by atoms with Gasteiger partial charge in [-0.2, -0.15) is 0 Å². The fourth-order valence-corrected chi connectivity index (χ4v) is 0.352. The Bertz CT molecular complexity index is 103. The summed E-state index contributed by atoms with van der Waals surface area (Å²) in [4.78, 5) is 10.4. The van der Waals surface area contributed by atoms with Gasteiger partial charge in [0.25, 0.3) is 0 Å². The van der Waals surface area contributed by atoms with Crippen molar-refractivity contribution in [2.45, 2.75) is 20.0 Å². The minimum absolute atomic E-state index is 0.0107. The zero-order chi connectivity index (χ0) is 7.98. The van der Waals surface area contributed by atoms with Gasteiger partial charge in [-0.25, -0.2) is 0 Å². The molecule has 0 radical (unpaired) electrons. The molecule has 0 rings (SSSR count). The second-order valence-electron chi connectivity index (χ2n) is 1.98. The molecule has 0 fully saturated rings. The van der Waals surface area contributed by atoms with Crippen molar-refractivity contribution in [3.8, 4) is 0 Å². The lowest BCUT2D eigenvalue weighted by Gasteiger charge is -2.06. The number of ether oxygens (including phenoxy) is 2. The molecule has 0 aliphatic rings. The van der Waals surface area contributed by atoms with E-state index in [9.17, 15) is 4.79 Å². The second kappa shape index (κ2) is 5.50. The fourth-order valence-electron chi connectivity index (χ4n) is 0.274. The molecule has 0 amide bonds. The van der Waals surface area contributed by atoms with Crippen molar-refractivity contribution < 1.29 is 14.3 Å². The largest absolute Gasteiger partial charge is 0.438 e. The number of hydrogen-bond donors (Lipinski definition) is 0. The monoisotopic (exact) mass is 166 g/mol. The third kappa shape index (κ3) is 5.85. The van der Waals surface area contributed by atoms with E-state index in [0.717, 1.165) is 0 Å². The van der Waals surface area contributed by atoms with Crippen LogP contribution in [0, 0.1) is 0 Å². The highest BCUT2D eigenvalue weighted by molar-refractivity contribution is 6.26. The first kappa shape index (κ1) is 9.72. The molecular formula is C6H11ClO3. The Labute approximate surface area is 65.3 Å². The van der Waals surface area contributed by atoms with Crippen molar-refractivity contribution >= 4 is 17.6 Å². The van der Waals surface area contributed by atoms with Crippen molar-refractivity contribution in [3.63, 3.8) is 0 Å². The Hall–Kier alpha value is -0.280. The van der Waals surface area contributed by atoms with Crippen LogP contribution in [0.4, 0.5) is 0 Å². The van der Waals surface area contributed by atoms with Gasteiger partial charge in [-0.3, -0.25) is 4.79 Å². The van der Waals surface area contributed by atoms with Crippen LogP contribution >= 0.6 is 11.6 Å². The molecule has 0 saturated heterocycles. The van der Waals surface area contributed by atoms with Crippen LogP contribution < -0.4 is 0 Å². The van der Waals surface area contributed by atoms with Crippen LogP contribution in [0.15, 0.2) is 0 Å². The summed E-state index contributed by atoms with van der Waals surface area (Å²) in [5.41, 5.74) is 0. The molecule has 0 unspecified atom stereocenters. The molecule has 0 aromatic carbocycles. The molecule has 3 nitrogen and oxygen atoms in total. The highest BCUT2D eigenvalue weighted by atomic mass is 35.5. The summed E-state index contributed by atoms with van der Waals surface area (Å²) >= 11 is 5.14. The highest BCUT2D eigenvalue weighted by Gasteiger charge is 1.99. The van der Waals surface area contributed by atoms with E-state index in [2.05, 4.69) is 4.74 Å². The molecule has 0 N–H and O–H groups in total. The van der Waals surface area contributed by atoms with Gasteiger partial charge < -0.3 is 9.47 Å². The van der Waals surface area contributed by atoms with Crippen LogP contribution in [-0.2, 0) is 14.3 Å². The van der Waals surface area contributed by atoms with Gasteiger partial charge in [-0.1, -0.05) is 0 Å². The summed E-state index contributed by atoms with van der Waals surface area (Å²) < 4.78 is 9.42. The average molecular weight is 167 g/mol. The van der Waals surface area contributed by atoms with Gasteiger partial charge in [0.2, 0.25) is 0 Å². The van der Waals surface area contributed by atoms with Crippen molar-refractivity contribution in [1.82, 2.24) is 0 Å². The summed E-state index contributed by atoms with van der Waals surface area (Å²) in [6.07, 6.45) is 0.0723. The van der Waals surface area contributed by atoms with E-state index < -0.39 is 5.97 Å². The van der Waals surface area contributed by atoms with E-state index in [0.29, 0.717) is 0 Å². The maximum absolute atomic E-state index is 10.4. The zero-order valence-electron chi connectivity index (χ0n) is 6.09. The van der Waals surface area contributed by atoms with E-state index in [1.807, 2.05) is 13.8 Å². The van der Waals surface area contributed by atoms with Crippen LogP contribution in [0.25, 0.3) is 0 Å². The van der Waals surface area contributed by atoms with Crippen molar-refractivity contribution in [1.29, 1.82) is 0 Å². The molecule has 0 bridgehead atoms. The van der Waals surface area contributed by atoms with E-state index in [1.54, 1.807) is 0 Å². The fraction of sp³-hybridized carbons (Fsp3) is 0.833. The Kier molecular flexibility index (Phi) is 5.35. The van der Waals surface area contributed by atoms with E-state index in [1.165, 1.54) is 0 Å². The summed E-state index contributed by atoms with van der Waals surface area (Å²) in [6, 6.07) is 0. The lowest BCUT2D eigenvalue weighted by Crippen LogP contribution is -2.12. The molecule has 60 valence electrons. The average Bonchev–Trinajstić information content (AvgIpc) is 1.87. The van der Waals surface area contributed by atoms with E-state index in [4.69, 9.17) is 16.3 Å². The number of halogens is 1. The Morgan fingerprint density at radius 3 is 2.60 bits per heavy atom. The number of carbonyl (C=O) groups excluding carboxylic acids is 1. The van der Waals surface area contributed by atoms with Gasteiger partial charge >= 0.3 is 5.97 Å². The standard InChI is InChI=1S/C6H11ClO3/c1-5(2)9-4-10-6(8)3-7/h5H,3-4H2,1-2H3. The minimum atomic E-state index is -0.456. The first-order valence-corrected chi connectivity index (χ1v) is 3.53. The molecule has 0 aliphatic carbocycles. The molecule has 10 heavy (non-hydrogen) atoms. The third-order valence-corrected chi connectivity index (χ3v) is 0.949. The normalized spacial score (nSPS) is 10.0. The quantitative estimate of drug-likeness (QED) is 0.357. The molecule has 0 spiro atoms. The number of carbonyl (C=O) groups is 1. The predicted octanol–water partition coefficient (Wildman–Crippen LogP) is 1.15. The third-order valence-electron chi connectivity index (χ3n) is 0.730.